The molecule has 0 amide bonds. The van der Waals surface area contributed by atoms with E-state index in [4.69, 9.17) is 4.98 Å². The van der Waals surface area contributed by atoms with Crippen molar-refractivity contribution in [2.24, 2.45) is 0 Å². The van der Waals surface area contributed by atoms with Crippen molar-refractivity contribution in [1.82, 2.24) is 10.3 Å². The quantitative estimate of drug-likeness (QED) is 0.817. The van der Waals surface area contributed by atoms with Crippen molar-refractivity contribution >= 4 is 0 Å². The van der Waals surface area contributed by atoms with Gasteiger partial charge < -0.3 is 5.32 Å². The first-order valence-corrected chi connectivity index (χ1v) is 5.88. The zero-order valence-electron chi connectivity index (χ0n) is 9.93. The van der Waals surface area contributed by atoms with Crippen molar-refractivity contribution in [3.8, 4) is 0 Å². The third kappa shape index (κ3) is 2.37. The second kappa shape index (κ2) is 4.31. The maximum absolute atomic E-state index is 4.69. The van der Waals surface area contributed by atoms with Gasteiger partial charge in [0.25, 0.3) is 0 Å². The van der Waals surface area contributed by atoms with E-state index in [9.17, 15) is 0 Å². The minimum Gasteiger partial charge on any atom is -0.310 e. The second-order valence-corrected chi connectivity index (χ2v) is 4.73. The average molecular weight is 204 g/mol. The Bertz CT molecular complexity index is 356. The molecular formula is C13H20N2. The average Bonchev–Trinajstić information content (AvgIpc) is 2.60. The number of hydrogen-bond donors (Lipinski definition) is 1. The lowest BCUT2D eigenvalue weighted by molar-refractivity contribution is 0.585. The maximum atomic E-state index is 4.69. The molecule has 2 heteroatoms. The van der Waals surface area contributed by atoms with Crippen LogP contribution in [0.2, 0.25) is 0 Å². The Hall–Kier alpha value is -0.890. The third-order valence-electron chi connectivity index (χ3n) is 3.05. The topological polar surface area (TPSA) is 24.9 Å². The molecule has 1 N–H and O–H groups in total. The summed E-state index contributed by atoms with van der Waals surface area (Å²) in [5.74, 6) is 0. The summed E-state index contributed by atoms with van der Waals surface area (Å²) >= 11 is 0. The lowest BCUT2D eigenvalue weighted by Gasteiger charge is -2.11. The predicted octanol–water partition coefficient (Wildman–Crippen LogP) is 2.38. The number of hydrogen-bond acceptors (Lipinski definition) is 2. The maximum Gasteiger partial charge on any atom is 0.0439 e. The van der Waals surface area contributed by atoms with Crippen molar-refractivity contribution < 1.29 is 0 Å². The number of nitrogens with one attached hydrogen (secondary N) is 1. The molecule has 0 unspecified atom stereocenters. The molecule has 0 bridgehead atoms. The molecule has 0 aliphatic heterocycles. The summed E-state index contributed by atoms with van der Waals surface area (Å²) in [5, 5.41) is 3.45. The van der Waals surface area contributed by atoms with Gasteiger partial charge in [-0.05, 0) is 37.3 Å². The summed E-state index contributed by atoms with van der Waals surface area (Å²) in [4.78, 5) is 4.69. The second-order valence-electron chi connectivity index (χ2n) is 4.73. The van der Waals surface area contributed by atoms with Gasteiger partial charge in [0.2, 0.25) is 0 Å². The van der Waals surface area contributed by atoms with Crippen LogP contribution >= 0.6 is 0 Å². The predicted molar refractivity (Wildman–Crippen MR) is 63.0 cm³/mol. The first-order chi connectivity index (χ1) is 7.16. The van der Waals surface area contributed by atoms with E-state index in [1.807, 2.05) is 0 Å². The van der Waals surface area contributed by atoms with Crippen molar-refractivity contribution in [3.63, 3.8) is 0 Å². The van der Waals surface area contributed by atoms with Crippen LogP contribution in [0.15, 0.2) is 6.07 Å². The van der Waals surface area contributed by atoms with Gasteiger partial charge in [0.15, 0.2) is 0 Å². The van der Waals surface area contributed by atoms with E-state index in [-0.39, 0.29) is 0 Å². The Morgan fingerprint density at radius 3 is 2.93 bits per heavy atom. The Kier molecular flexibility index (Phi) is 3.06. The van der Waals surface area contributed by atoms with Gasteiger partial charge in [-0.2, -0.15) is 0 Å². The van der Waals surface area contributed by atoms with Crippen LogP contribution in [-0.4, -0.2) is 11.0 Å². The van der Waals surface area contributed by atoms with Gasteiger partial charge in [0.05, 0.1) is 0 Å². The molecule has 0 spiro atoms. The zero-order chi connectivity index (χ0) is 10.8. The van der Waals surface area contributed by atoms with E-state index in [0.717, 1.165) is 6.54 Å². The molecule has 0 radical (unpaired) electrons. The van der Waals surface area contributed by atoms with E-state index < -0.39 is 0 Å². The Balaban J connectivity index is 2.17. The molecule has 1 aromatic heterocycles. The summed E-state index contributed by atoms with van der Waals surface area (Å²) < 4.78 is 0. The van der Waals surface area contributed by atoms with Crippen molar-refractivity contribution in [2.45, 2.75) is 52.6 Å². The fourth-order valence-corrected chi connectivity index (χ4v) is 2.12. The van der Waals surface area contributed by atoms with Crippen molar-refractivity contribution in [2.75, 3.05) is 0 Å². The summed E-state index contributed by atoms with van der Waals surface area (Å²) in [6.07, 6.45) is 3.67. The minimum atomic E-state index is 0.539. The molecular weight excluding hydrogens is 184 g/mol. The molecule has 0 atom stereocenters. The van der Waals surface area contributed by atoms with Crippen molar-refractivity contribution in [3.05, 3.63) is 28.6 Å². The number of nitrogens with zero attached hydrogens (tertiary/aromatic N) is 1. The highest BCUT2D eigenvalue weighted by molar-refractivity contribution is 5.33. The SMILES string of the molecule is Cc1nc2c(cc1CNC(C)C)CCC2. The Labute approximate surface area is 92.1 Å². The van der Waals surface area contributed by atoms with Gasteiger partial charge in [-0.25, -0.2) is 0 Å². The summed E-state index contributed by atoms with van der Waals surface area (Å²) in [5.41, 5.74) is 5.37. The summed E-state index contributed by atoms with van der Waals surface area (Å²) in [7, 11) is 0. The largest absolute Gasteiger partial charge is 0.310 e. The van der Waals surface area contributed by atoms with E-state index in [1.165, 1.54) is 41.8 Å². The molecule has 2 nitrogen and oxygen atoms in total. The van der Waals surface area contributed by atoms with Gasteiger partial charge in [-0.1, -0.05) is 19.9 Å². The van der Waals surface area contributed by atoms with Crippen LogP contribution in [-0.2, 0) is 19.4 Å². The highest BCUT2D eigenvalue weighted by atomic mass is 14.9. The molecule has 2 rings (SSSR count). The smallest absolute Gasteiger partial charge is 0.0439 e. The number of rotatable bonds is 3. The molecule has 1 heterocycles. The monoisotopic (exact) mass is 204 g/mol. The molecule has 0 saturated heterocycles. The molecule has 0 aromatic carbocycles. The Morgan fingerprint density at radius 1 is 1.40 bits per heavy atom. The number of pyridine rings is 1. The van der Waals surface area contributed by atoms with Crippen LogP contribution in [0.25, 0.3) is 0 Å². The van der Waals surface area contributed by atoms with Gasteiger partial charge in [-0.15, -0.1) is 0 Å². The van der Waals surface area contributed by atoms with Crippen molar-refractivity contribution in [1.29, 1.82) is 0 Å². The van der Waals surface area contributed by atoms with Crippen LogP contribution in [0, 0.1) is 6.92 Å². The summed E-state index contributed by atoms with van der Waals surface area (Å²) in [6, 6.07) is 2.89. The highest BCUT2D eigenvalue weighted by Gasteiger charge is 2.14. The van der Waals surface area contributed by atoms with E-state index in [0.29, 0.717) is 6.04 Å². The molecule has 82 valence electrons. The van der Waals surface area contributed by atoms with Crippen LogP contribution in [0.4, 0.5) is 0 Å². The standard InChI is InChI=1S/C13H20N2/c1-9(2)14-8-12-7-11-5-4-6-13(11)15-10(12)3/h7,9,14H,4-6,8H2,1-3H3. The van der Waals surface area contributed by atoms with Crippen LogP contribution in [0.5, 0.6) is 0 Å². The molecule has 1 aliphatic rings. The van der Waals surface area contributed by atoms with Crippen LogP contribution < -0.4 is 5.32 Å². The van der Waals surface area contributed by atoms with Crippen LogP contribution in [0.3, 0.4) is 0 Å². The lowest BCUT2D eigenvalue weighted by atomic mass is 10.1. The first kappa shape index (κ1) is 10.6. The van der Waals surface area contributed by atoms with Gasteiger partial charge in [0, 0.05) is 24.0 Å². The number of fused-ring (bicyclic) bond motifs is 1. The fourth-order valence-electron chi connectivity index (χ4n) is 2.12. The normalized spacial score (nSPS) is 14.7. The fraction of sp³-hybridized carbons (Fsp3) is 0.615. The van der Waals surface area contributed by atoms with E-state index >= 15 is 0 Å². The summed E-state index contributed by atoms with van der Waals surface area (Å²) in [6.45, 7) is 7.42. The minimum absolute atomic E-state index is 0.539. The molecule has 1 aliphatic carbocycles. The van der Waals surface area contributed by atoms with Gasteiger partial charge >= 0.3 is 0 Å². The van der Waals surface area contributed by atoms with E-state index in [1.54, 1.807) is 0 Å². The lowest BCUT2D eigenvalue weighted by Crippen LogP contribution is -2.22. The highest BCUT2D eigenvalue weighted by Crippen LogP contribution is 2.22. The zero-order valence-corrected chi connectivity index (χ0v) is 9.93. The molecule has 1 aromatic rings. The number of aryl methyl sites for hydroxylation is 3. The molecule has 15 heavy (non-hydrogen) atoms. The first-order valence-electron chi connectivity index (χ1n) is 5.88. The third-order valence-corrected chi connectivity index (χ3v) is 3.05. The van der Waals surface area contributed by atoms with E-state index in [2.05, 4.69) is 32.2 Å². The Morgan fingerprint density at radius 2 is 2.20 bits per heavy atom. The molecule has 0 fully saturated rings. The van der Waals surface area contributed by atoms with Crippen LogP contribution in [0.1, 0.15) is 42.8 Å². The number of aromatic nitrogens is 1. The molecule has 0 saturated carbocycles. The van der Waals surface area contributed by atoms with Gasteiger partial charge in [0.1, 0.15) is 0 Å². The van der Waals surface area contributed by atoms with Gasteiger partial charge in [-0.3, -0.25) is 4.98 Å².